The highest BCUT2D eigenvalue weighted by molar-refractivity contribution is 6.05. The van der Waals surface area contributed by atoms with Gasteiger partial charge in [-0.15, -0.1) is 13.2 Å². The van der Waals surface area contributed by atoms with Crippen LogP contribution in [0.5, 0.6) is 5.75 Å². The standard InChI is InChI=1S/C22H17F3N4O5/c1-13-11-19(30)20(26-28(13)17-6-2-3-7-18(17)29(32)33)21(31)27-10-4-5-14-12-15(8-9-16(14)27)34-22(23,24)25/h2-3,6-9,11-12H,4-5,10H2,1H3. The Balaban J connectivity index is 1.75. The molecule has 0 N–H and O–H groups in total. The zero-order valence-corrected chi connectivity index (χ0v) is 17.7. The zero-order valence-electron chi connectivity index (χ0n) is 17.7. The van der Waals surface area contributed by atoms with Gasteiger partial charge >= 0.3 is 6.36 Å². The Labute approximate surface area is 190 Å². The van der Waals surface area contributed by atoms with Crippen molar-refractivity contribution in [2.45, 2.75) is 26.1 Å². The van der Waals surface area contributed by atoms with Gasteiger partial charge in [0.05, 0.1) is 4.92 Å². The molecular formula is C22H17F3N4O5. The molecule has 1 aliphatic heterocycles. The van der Waals surface area contributed by atoms with Gasteiger partial charge in [-0.3, -0.25) is 19.7 Å². The van der Waals surface area contributed by atoms with Crippen LogP contribution < -0.4 is 15.1 Å². The lowest BCUT2D eigenvalue weighted by Gasteiger charge is -2.29. The number of carbonyl (C=O) groups excluding carboxylic acids is 1. The molecule has 2 heterocycles. The number of benzene rings is 2. The van der Waals surface area contributed by atoms with Crippen molar-refractivity contribution in [2.24, 2.45) is 0 Å². The molecule has 34 heavy (non-hydrogen) atoms. The van der Waals surface area contributed by atoms with Crippen LogP contribution in [-0.2, 0) is 6.42 Å². The Morgan fingerprint density at radius 1 is 1.15 bits per heavy atom. The average Bonchev–Trinajstić information content (AvgIpc) is 2.77. The molecule has 0 spiro atoms. The number of aromatic nitrogens is 2. The van der Waals surface area contributed by atoms with E-state index in [-0.39, 0.29) is 23.6 Å². The predicted octanol–water partition coefficient (Wildman–Crippen LogP) is 3.94. The largest absolute Gasteiger partial charge is 0.573 e. The van der Waals surface area contributed by atoms with Gasteiger partial charge in [-0.2, -0.15) is 5.10 Å². The SMILES string of the molecule is Cc1cc(=O)c(C(=O)N2CCCc3cc(OC(F)(F)F)ccc32)nn1-c1ccccc1[N+](=O)[O-]. The van der Waals surface area contributed by atoms with Crippen LogP contribution >= 0.6 is 0 Å². The molecule has 0 aliphatic carbocycles. The number of aryl methyl sites for hydroxylation is 2. The normalized spacial score (nSPS) is 13.4. The maximum Gasteiger partial charge on any atom is 0.573 e. The Morgan fingerprint density at radius 3 is 2.59 bits per heavy atom. The van der Waals surface area contributed by atoms with Gasteiger partial charge in [0.25, 0.3) is 11.6 Å². The van der Waals surface area contributed by atoms with Crippen molar-refractivity contribution in [1.82, 2.24) is 9.78 Å². The summed E-state index contributed by atoms with van der Waals surface area (Å²) in [6.07, 6.45) is -4.00. The molecule has 2 aromatic carbocycles. The van der Waals surface area contributed by atoms with Crippen molar-refractivity contribution in [3.05, 3.63) is 85.8 Å². The number of nitro benzene ring substituents is 1. The van der Waals surface area contributed by atoms with Gasteiger partial charge in [0.1, 0.15) is 11.4 Å². The van der Waals surface area contributed by atoms with Gasteiger partial charge in [0.2, 0.25) is 5.43 Å². The fourth-order valence-corrected chi connectivity index (χ4v) is 3.85. The number of nitrogens with zero attached hydrogens (tertiary/aromatic N) is 4. The molecule has 1 aliphatic rings. The minimum atomic E-state index is -4.85. The molecule has 12 heteroatoms. The first-order valence-electron chi connectivity index (χ1n) is 10.1. The van der Waals surface area contributed by atoms with Crippen LogP contribution in [0.4, 0.5) is 24.5 Å². The number of carbonyl (C=O) groups is 1. The number of hydrogen-bond acceptors (Lipinski definition) is 6. The van der Waals surface area contributed by atoms with Crippen LogP contribution in [0.25, 0.3) is 5.69 Å². The Hall–Kier alpha value is -4.22. The number of fused-ring (bicyclic) bond motifs is 1. The summed E-state index contributed by atoms with van der Waals surface area (Å²) in [5, 5.41) is 15.6. The van der Waals surface area contributed by atoms with E-state index >= 15 is 0 Å². The summed E-state index contributed by atoms with van der Waals surface area (Å²) in [7, 11) is 0. The van der Waals surface area contributed by atoms with Crippen molar-refractivity contribution in [3.8, 4) is 11.4 Å². The van der Waals surface area contributed by atoms with Crippen LogP contribution in [-0.4, -0.2) is 33.5 Å². The molecule has 9 nitrogen and oxygen atoms in total. The quantitative estimate of drug-likeness (QED) is 0.419. The Kier molecular flexibility index (Phi) is 5.82. The predicted molar refractivity (Wildman–Crippen MR) is 114 cm³/mol. The molecule has 0 radical (unpaired) electrons. The average molecular weight is 474 g/mol. The monoisotopic (exact) mass is 474 g/mol. The van der Waals surface area contributed by atoms with Gasteiger partial charge in [0, 0.05) is 30.1 Å². The molecule has 1 amide bonds. The maximum absolute atomic E-state index is 13.3. The van der Waals surface area contributed by atoms with Gasteiger partial charge in [0.15, 0.2) is 5.69 Å². The number of para-hydroxylation sites is 2. The maximum atomic E-state index is 13.3. The number of ether oxygens (including phenoxy) is 1. The van der Waals surface area contributed by atoms with E-state index in [0.29, 0.717) is 24.1 Å². The van der Waals surface area contributed by atoms with E-state index in [1.165, 1.54) is 42.2 Å². The first kappa shape index (κ1) is 23.0. The molecule has 0 saturated carbocycles. The Bertz CT molecular complexity index is 1350. The van der Waals surface area contributed by atoms with E-state index < -0.39 is 34.1 Å². The van der Waals surface area contributed by atoms with Gasteiger partial charge in [-0.1, -0.05) is 12.1 Å². The second-order valence-corrected chi connectivity index (χ2v) is 7.55. The van der Waals surface area contributed by atoms with Crippen molar-refractivity contribution < 1.29 is 27.6 Å². The second-order valence-electron chi connectivity index (χ2n) is 7.55. The lowest BCUT2D eigenvalue weighted by Crippen LogP contribution is -2.39. The van der Waals surface area contributed by atoms with Crippen molar-refractivity contribution in [2.75, 3.05) is 11.4 Å². The fraction of sp³-hybridized carbons (Fsp3) is 0.227. The van der Waals surface area contributed by atoms with Gasteiger partial charge < -0.3 is 9.64 Å². The van der Waals surface area contributed by atoms with E-state index in [0.717, 1.165) is 16.8 Å². The van der Waals surface area contributed by atoms with E-state index in [1.807, 2.05) is 0 Å². The first-order valence-corrected chi connectivity index (χ1v) is 10.1. The molecule has 0 fully saturated rings. The number of rotatable bonds is 4. The summed E-state index contributed by atoms with van der Waals surface area (Å²) in [4.78, 5) is 38.1. The molecule has 0 atom stereocenters. The molecular weight excluding hydrogens is 457 g/mol. The van der Waals surface area contributed by atoms with Gasteiger partial charge in [-0.05, 0) is 49.6 Å². The second kappa shape index (κ2) is 8.61. The van der Waals surface area contributed by atoms with E-state index in [1.54, 1.807) is 6.07 Å². The van der Waals surface area contributed by atoms with Crippen molar-refractivity contribution >= 4 is 17.3 Å². The number of amides is 1. The molecule has 0 bridgehead atoms. The van der Waals surface area contributed by atoms with Crippen LogP contribution in [0.1, 0.15) is 28.2 Å². The lowest BCUT2D eigenvalue weighted by atomic mass is 10.0. The first-order chi connectivity index (χ1) is 16.0. The molecule has 3 aromatic rings. The number of alkyl halides is 3. The topological polar surface area (TPSA) is 108 Å². The third-order valence-corrected chi connectivity index (χ3v) is 5.26. The highest BCUT2D eigenvalue weighted by atomic mass is 19.4. The summed E-state index contributed by atoms with van der Waals surface area (Å²) < 4.78 is 42.8. The summed E-state index contributed by atoms with van der Waals surface area (Å²) in [6.45, 7) is 1.74. The Morgan fingerprint density at radius 2 is 1.88 bits per heavy atom. The highest BCUT2D eigenvalue weighted by Gasteiger charge is 2.33. The highest BCUT2D eigenvalue weighted by Crippen LogP contribution is 2.33. The van der Waals surface area contributed by atoms with E-state index in [2.05, 4.69) is 9.84 Å². The minimum Gasteiger partial charge on any atom is -0.406 e. The third kappa shape index (κ3) is 4.47. The smallest absolute Gasteiger partial charge is 0.406 e. The zero-order chi connectivity index (χ0) is 24.6. The molecule has 1 aromatic heterocycles. The lowest BCUT2D eigenvalue weighted by molar-refractivity contribution is -0.384. The fourth-order valence-electron chi connectivity index (χ4n) is 3.85. The number of nitro groups is 1. The molecule has 0 saturated heterocycles. The molecule has 0 unspecified atom stereocenters. The number of anilines is 1. The van der Waals surface area contributed by atoms with E-state index in [9.17, 15) is 32.9 Å². The van der Waals surface area contributed by atoms with Crippen molar-refractivity contribution in [3.63, 3.8) is 0 Å². The van der Waals surface area contributed by atoms with Crippen LogP contribution in [0.3, 0.4) is 0 Å². The van der Waals surface area contributed by atoms with Gasteiger partial charge in [-0.25, -0.2) is 4.68 Å². The van der Waals surface area contributed by atoms with E-state index in [4.69, 9.17) is 0 Å². The molecule has 176 valence electrons. The van der Waals surface area contributed by atoms with Crippen molar-refractivity contribution in [1.29, 1.82) is 0 Å². The van der Waals surface area contributed by atoms with Crippen LogP contribution in [0, 0.1) is 17.0 Å². The summed E-state index contributed by atoms with van der Waals surface area (Å²) in [5.74, 6) is -1.17. The molecule has 4 rings (SSSR count). The summed E-state index contributed by atoms with van der Waals surface area (Å²) in [5.41, 5.74) is -0.262. The number of halogens is 3. The summed E-state index contributed by atoms with van der Waals surface area (Å²) >= 11 is 0. The minimum absolute atomic E-state index is 0.0760. The third-order valence-electron chi connectivity index (χ3n) is 5.26. The van der Waals surface area contributed by atoms with Crippen LogP contribution in [0.2, 0.25) is 0 Å². The van der Waals surface area contributed by atoms with Crippen LogP contribution in [0.15, 0.2) is 53.3 Å². The number of hydrogen-bond donors (Lipinski definition) is 0. The summed E-state index contributed by atoms with van der Waals surface area (Å²) in [6, 6.07) is 10.5.